The average molecular weight is 345 g/mol. The van der Waals surface area contributed by atoms with Crippen molar-refractivity contribution >= 4 is 23.9 Å². The number of H-pyrrole nitrogens is 1. The SMILES string of the molecule is C=Nc1cc(-c2cn[nH]c2)ccc1/N=C(\C)N(C)[C@H](C)c1ccccc1. The molecule has 0 saturated carbocycles. The summed E-state index contributed by atoms with van der Waals surface area (Å²) in [5.41, 5.74) is 4.85. The molecule has 0 aliphatic heterocycles. The number of hydrogen-bond donors (Lipinski definition) is 1. The van der Waals surface area contributed by atoms with E-state index in [1.807, 2.05) is 37.4 Å². The molecule has 3 aromatic rings. The van der Waals surface area contributed by atoms with E-state index in [2.05, 4.69) is 65.0 Å². The third-order valence-electron chi connectivity index (χ3n) is 4.63. The molecule has 3 rings (SSSR count). The number of amidine groups is 1. The predicted octanol–water partition coefficient (Wildman–Crippen LogP) is 5.15. The Kier molecular flexibility index (Phi) is 5.27. The lowest BCUT2D eigenvalue weighted by Crippen LogP contribution is -2.27. The van der Waals surface area contributed by atoms with E-state index < -0.39 is 0 Å². The van der Waals surface area contributed by atoms with Gasteiger partial charge >= 0.3 is 0 Å². The molecule has 0 aliphatic rings. The second-order valence-electron chi connectivity index (χ2n) is 6.21. The Morgan fingerprint density at radius 2 is 1.88 bits per heavy atom. The van der Waals surface area contributed by atoms with Gasteiger partial charge in [-0.25, -0.2) is 4.99 Å². The van der Waals surface area contributed by atoms with Gasteiger partial charge in [-0.05, 0) is 43.8 Å². The second-order valence-corrected chi connectivity index (χ2v) is 6.21. The van der Waals surface area contributed by atoms with E-state index >= 15 is 0 Å². The first-order valence-electron chi connectivity index (χ1n) is 8.53. The first-order valence-corrected chi connectivity index (χ1v) is 8.53. The highest BCUT2D eigenvalue weighted by Crippen LogP contribution is 2.33. The third kappa shape index (κ3) is 3.72. The van der Waals surface area contributed by atoms with Gasteiger partial charge in [-0.2, -0.15) is 5.10 Å². The molecule has 0 fully saturated rings. The molecule has 0 unspecified atom stereocenters. The Balaban J connectivity index is 1.87. The van der Waals surface area contributed by atoms with Crippen LogP contribution in [-0.2, 0) is 0 Å². The Hall–Kier alpha value is -3.21. The highest BCUT2D eigenvalue weighted by molar-refractivity contribution is 5.86. The number of aliphatic imine (C=N–C) groups is 2. The maximum absolute atomic E-state index is 4.78. The zero-order valence-electron chi connectivity index (χ0n) is 15.3. The minimum absolute atomic E-state index is 0.227. The van der Waals surface area contributed by atoms with Crippen LogP contribution in [0.3, 0.4) is 0 Å². The fraction of sp³-hybridized carbons (Fsp3) is 0.190. The van der Waals surface area contributed by atoms with Crippen LogP contribution < -0.4 is 0 Å². The molecule has 0 aliphatic carbocycles. The van der Waals surface area contributed by atoms with Gasteiger partial charge in [-0.1, -0.05) is 36.4 Å². The highest BCUT2D eigenvalue weighted by atomic mass is 15.2. The van der Waals surface area contributed by atoms with Crippen molar-refractivity contribution in [3.8, 4) is 11.1 Å². The van der Waals surface area contributed by atoms with Crippen molar-refractivity contribution in [2.75, 3.05) is 7.05 Å². The molecule has 0 amide bonds. The molecule has 1 aromatic heterocycles. The van der Waals surface area contributed by atoms with Crippen molar-refractivity contribution in [1.29, 1.82) is 0 Å². The van der Waals surface area contributed by atoms with Crippen LogP contribution >= 0.6 is 0 Å². The molecule has 5 nitrogen and oxygen atoms in total. The largest absolute Gasteiger partial charge is 0.357 e. The Bertz CT molecular complexity index is 897. The normalized spacial score (nSPS) is 12.7. The van der Waals surface area contributed by atoms with Crippen LogP contribution in [0, 0.1) is 0 Å². The number of nitrogens with one attached hydrogen (secondary N) is 1. The minimum Gasteiger partial charge on any atom is -0.357 e. The average Bonchev–Trinajstić information content (AvgIpc) is 3.22. The van der Waals surface area contributed by atoms with Gasteiger partial charge in [-0.15, -0.1) is 0 Å². The van der Waals surface area contributed by atoms with Crippen molar-refractivity contribution in [3.63, 3.8) is 0 Å². The monoisotopic (exact) mass is 345 g/mol. The third-order valence-corrected chi connectivity index (χ3v) is 4.63. The molecular formula is C21H23N5. The van der Waals surface area contributed by atoms with E-state index in [0.717, 1.165) is 28.3 Å². The van der Waals surface area contributed by atoms with Crippen LogP contribution in [0.1, 0.15) is 25.5 Å². The van der Waals surface area contributed by atoms with Gasteiger partial charge in [0.05, 0.1) is 23.6 Å². The lowest BCUT2D eigenvalue weighted by atomic mass is 10.1. The molecule has 5 heteroatoms. The van der Waals surface area contributed by atoms with Crippen molar-refractivity contribution < 1.29 is 0 Å². The summed E-state index contributed by atoms with van der Waals surface area (Å²) < 4.78 is 0. The fourth-order valence-corrected chi connectivity index (χ4v) is 2.82. The van der Waals surface area contributed by atoms with E-state index in [-0.39, 0.29) is 6.04 Å². The van der Waals surface area contributed by atoms with Crippen LogP contribution in [-0.4, -0.2) is 34.7 Å². The number of nitrogens with zero attached hydrogens (tertiary/aromatic N) is 4. The van der Waals surface area contributed by atoms with E-state index in [0.29, 0.717) is 0 Å². The van der Waals surface area contributed by atoms with Crippen LogP contribution in [0.5, 0.6) is 0 Å². The first kappa shape index (κ1) is 17.6. The van der Waals surface area contributed by atoms with Gasteiger partial charge in [0.1, 0.15) is 5.84 Å². The van der Waals surface area contributed by atoms with Crippen LogP contribution in [0.15, 0.2) is 70.9 Å². The maximum atomic E-state index is 4.78. The molecule has 1 N–H and O–H groups in total. The Labute approximate surface area is 154 Å². The molecule has 1 atom stereocenters. The summed E-state index contributed by atoms with van der Waals surface area (Å²) in [7, 11) is 2.05. The van der Waals surface area contributed by atoms with Crippen LogP contribution in [0.4, 0.5) is 11.4 Å². The summed E-state index contributed by atoms with van der Waals surface area (Å²) in [5.74, 6) is 0.919. The molecule has 1 heterocycles. The lowest BCUT2D eigenvalue weighted by Gasteiger charge is -2.27. The van der Waals surface area contributed by atoms with Crippen LogP contribution in [0.25, 0.3) is 11.1 Å². The standard InChI is InChI=1S/C21H23N5/c1-15(17-8-6-5-7-9-17)26(4)16(2)25-20-11-10-18(12-21(20)22-3)19-13-23-24-14-19/h5-15H,3H2,1-2,4H3,(H,23,24)/b25-16+/t15-/m1/s1. The number of aromatic nitrogens is 2. The molecule has 0 saturated heterocycles. The smallest absolute Gasteiger partial charge is 0.102 e. The number of aromatic amines is 1. The van der Waals surface area contributed by atoms with Crippen molar-refractivity contribution in [2.24, 2.45) is 9.98 Å². The minimum atomic E-state index is 0.227. The van der Waals surface area contributed by atoms with Gasteiger partial charge in [0.15, 0.2) is 0 Å². The summed E-state index contributed by atoms with van der Waals surface area (Å²) in [4.78, 5) is 11.1. The summed E-state index contributed by atoms with van der Waals surface area (Å²) in [6.45, 7) is 7.87. The maximum Gasteiger partial charge on any atom is 0.102 e. The van der Waals surface area contributed by atoms with Gasteiger partial charge in [0.25, 0.3) is 0 Å². The molecular weight excluding hydrogens is 322 g/mol. The van der Waals surface area contributed by atoms with Gasteiger partial charge < -0.3 is 4.90 Å². The van der Waals surface area contributed by atoms with E-state index in [4.69, 9.17) is 4.99 Å². The number of hydrogen-bond acceptors (Lipinski definition) is 3. The van der Waals surface area contributed by atoms with Crippen molar-refractivity contribution in [3.05, 3.63) is 66.5 Å². The van der Waals surface area contributed by atoms with E-state index in [1.54, 1.807) is 6.20 Å². The number of rotatable bonds is 5. The molecule has 2 aromatic carbocycles. The summed E-state index contributed by atoms with van der Waals surface area (Å²) in [5, 5.41) is 6.82. The number of benzene rings is 2. The molecule has 0 radical (unpaired) electrons. The Morgan fingerprint density at radius 3 is 2.54 bits per heavy atom. The molecule has 0 bridgehead atoms. The van der Waals surface area contributed by atoms with E-state index in [9.17, 15) is 0 Å². The predicted molar refractivity (Wildman–Crippen MR) is 109 cm³/mol. The summed E-state index contributed by atoms with van der Waals surface area (Å²) >= 11 is 0. The first-order chi connectivity index (χ1) is 12.6. The molecule has 132 valence electrons. The van der Waals surface area contributed by atoms with Crippen molar-refractivity contribution in [1.82, 2.24) is 15.1 Å². The lowest BCUT2D eigenvalue weighted by molar-refractivity contribution is 0.400. The highest BCUT2D eigenvalue weighted by Gasteiger charge is 2.13. The zero-order chi connectivity index (χ0) is 18.5. The second kappa shape index (κ2) is 7.78. The molecule has 0 spiro atoms. The van der Waals surface area contributed by atoms with Gasteiger partial charge in [0.2, 0.25) is 0 Å². The summed E-state index contributed by atoms with van der Waals surface area (Å²) in [6, 6.07) is 16.6. The quantitative estimate of drug-likeness (QED) is 0.513. The Morgan fingerprint density at radius 1 is 1.12 bits per heavy atom. The molecule has 26 heavy (non-hydrogen) atoms. The zero-order valence-corrected chi connectivity index (χ0v) is 15.3. The van der Waals surface area contributed by atoms with Crippen molar-refractivity contribution in [2.45, 2.75) is 19.9 Å². The van der Waals surface area contributed by atoms with Gasteiger partial charge in [0, 0.05) is 18.8 Å². The van der Waals surface area contributed by atoms with Gasteiger partial charge in [-0.3, -0.25) is 10.1 Å². The summed E-state index contributed by atoms with van der Waals surface area (Å²) in [6.07, 6.45) is 3.64. The van der Waals surface area contributed by atoms with Crippen LogP contribution in [0.2, 0.25) is 0 Å². The fourth-order valence-electron chi connectivity index (χ4n) is 2.82. The van der Waals surface area contributed by atoms with E-state index in [1.165, 1.54) is 5.56 Å². The topological polar surface area (TPSA) is 56.6 Å².